The second kappa shape index (κ2) is 5.99. The van der Waals surface area contributed by atoms with Crippen molar-refractivity contribution in [1.82, 2.24) is 0 Å². The Hall–Kier alpha value is -1.03. The maximum absolute atomic E-state index is 12.5. The Labute approximate surface area is 141 Å². The summed E-state index contributed by atoms with van der Waals surface area (Å²) in [4.78, 5) is 12.5. The van der Waals surface area contributed by atoms with E-state index in [0.29, 0.717) is 22.2 Å². The number of carbonyl (C=O) groups is 1. The van der Waals surface area contributed by atoms with Crippen LogP contribution in [0, 0.1) is 0 Å². The minimum Gasteiger partial charge on any atom is -0.493 e. The molecule has 3 rings (SSSR count). The fourth-order valence-electron chi connectivity index (χ4n) is 2.46. The zero-order valence-corrected chi connectivity index (χ0v) is 14.1. The number of hydrogen-bond donors (Lipinski definition) is 0. The zero-order chi connectivity index (χ0) is 15.0. The van der Waals surface area contributed by atoms with E-state index in [1.54, 1.807) is 18.2 Å². The van der Waals surface area contributed by atoms with Crippen LogP contribution in [0.3, 0.4) is 0 Å². The Morgan fingerprint density at radius 3 is 2.81 bits per heavy atom. The molecule has 2 nitrogen and oxygen atoms in total. The molecule has 0 unspecified atom stereocenters. The lowest BCUT2D eigenvalue weighted by Crippen LogP contribution is -2.05. The molecule has 2 aromatic rings. The van der Waals surface area contributed by atoms with Gasteiger partial charge in [0, 0.05) is 33.5 Å². The minimum atomic E-state index is -0.0486. The number of halogens is 3. The van der Waals surface area contributed by atoms with Crippen molar-refractivity contribution in [3.05, 3.63) is 61.5 Å². The third-order valence-corrected chi connectivity index (χ3v) is 4.41. The maximum atomic E-state index is 12.5. The molecule has 1 heterocycles. The minimum absolute atomic E-state index is 0.0486. The third-order valence-electron chi connectivity index (χ3n) is 3.41. The lowest BCUT2D eigenvalue weighted by molar-refractivity contribution is 0.0992. The summed E-state index contributed by atoms with van der Waals surface area (Å²) in [7, 11) is 0. The molecule has 0 spiro atoms. The molecular formula is C16H11BrCl2O2. The highest BCUT2D eigenvalue weighted by atomic mass is 79.9. The van der Waals surface area contributed by atoms with Crippen LogP contribution < -0.4 is 4.74 Å². The monoisotopic (exact) mass is 384 g/mol. The first-order valence-corrected chi connectivity index (χ1v) is 8.02. The molecule has 21 heavy (non-hydrogen) atoms. The highest BCUT2D eigenvalue weighted by Crippen LogP contribution is 2.34. The van der Waals surface area contributed by atoms with E-state index < -0.39 is 0 Å². The lowest BCUT2D eigenvalue weighted by Gasteiger charge is -2.09. The molecule has 0 N–H and O–H groups in total. The van der Waals surface area contributed by atoms with Crippen molar-refractivity contribution >= 4 is 44.9 Å². The second-order valence-corrected chi connectivity index (χ2v) is 6.64. The largest absolute Gasteiger partial charge is 0.493 e. The van der Waals surface area contributed by atoms with Crippen molar-refractivity contribution in [1.29, 1.82) is 0 Å². The molecule has 0 saturated carbocycles. The van der Waals surface area contributed by atoms with Gasteiger partial charge >= 0.3 is 0 Å². The van der Waals surface area contributed by atoms with Gasteiger partial charge in [-0.3, -0.25) is 4.79 Å². The summed E-state index contributed by atoms with van der Waals surface area (Å²) in [5.74, 6) is 0.782. The quantitative estimate of drug-likeness (QED) is 0.685. The van der Waals surface area contributed by atoms with E-state index >= 15 is 0 Å². The van der Waals surface area contributed by atoms with Gasteiger partial charge in [0.1, 0.15) is 5.75 Å². The molecule has 108 valence electrons. The first kappa shape index (κ1) is 14.9. The van der Waals surface area contributed by atoms with E-state index in [2.05, 4.69) is 15.9 Å². The van der Waals surface area contributed by atoms with E-state index in [1.165, 1.54) is 0 Å². The Morgan fingerprint density at radius 2 is 2.05 bits per heavy atom. The van der Waals surface area contributed by atoms with E-state index in [9.17, 15) is 4.79 Å². The lowest BCUT2D eigenvalue weighted by atomic mass is 10.00. The number of benzene rings is 2. The predicted octanol–water partition coefficient (Wildman–Crippen LogP) is 5.12. The normalized spacial score (nSPS) is 12.9. The summed E-state index contributed by atoms with van der Waals surface area (Å²) in [5.41, 5.74) is 2.50. The van der Waals surface area contributed by atoms with Crippen molar-refractivity contribution in [3.63, 3.8) is 0 Å². The molecule has 0 bridgehead atoms. The Kier molecular flexibility index (Phi) is 4.25. The van der Waals surface area contributed by atoms with E-state index in [1.807, 2.05) is 12.1 Å². The molecule has 0 fully saturated rings. The van der Waals surface area contributed by atoms with Crippen molar-refractivity contribution in [2.75, 3.05) is 6.61 Å². The van der Waals surface area contributed by atoms with Crippen LogP contribution in [0.1, 0.15) is 21.5 Å². The highest BCUT2D eigenvalue weighted by molar-refractivity contribution is 9.10. The van der Waals surface area contributed by atoms with E-state index in [-0.39, 0.29) is 12.2 Å². The van der Waals surface area contributed by atoms with Gasteiger partial charge in [-0.05, 0) is 35.9 Å². The van der Waals surface area contributed by atoms with Gasteiger partial charge < -0.3 is 4.74 Å². The zero-order valence-electron chi connectivity index (χ0n) is 11.0. The fraction of sp³-hybridized carbons (Fsp3) is 0.188. The number of ketones is 1. The van der Waals surface area contributed by atoms with Crippen LogP contribution in [0.25, 0.3) is 0 Å². The fourth-order valence-corrected chi connectivity index (χ4v) is 3.53. The molecule has 2 aromatic carbocycles. The van der Waals surface area contributed by atoms with Gasteiger partial charge in [-0.1, -0.05) is 39.1 Å². The van der Waals surface area contributed by atoms with Gasteiger partial charge in [0.15, 0.2) is 5.78 Å². The smallest absolute Gasteiger partial charge is 0.168 e. The van der Waals surface area contributed by atoms with Crippen LogP contribution in [-0.4, -0.2) is 12.4 Å². The second-order valence-electron chi connectivity index (χ2n) is 4.88. The van der Waals surface area contributed by atoms with Gasteiger partial charge in [0.05, 0.1) is 11.6 Å². The Bertz CT molecular complexity index is 728. The van der Waals surface area contributed by atoms with Crippen LogP contribution in [0.2, 0.25) is 10.0 Å². The van der Waals surface area contributed by atoms with Crippen molar-refractivity contribution in [2.45, 2.75) is 12.8 Å². The van der Waals surface area contributed by atoms with Crippen molar-refractivity contribution in [3.8, 4) is 5.75 Å². The number of fused-ring (bicyclic) bond motifs is 1. The van der Waals surface area contributed by atoms with Gasteiger partial charge in [-0.15, -0.1) is 0 Å². The molecule has 0 radical (unpaired) electrons. The molecule has 0 aliphatic carbocycles. The van der Waals surface area contributed by atoms with Gasteiger partial charge in [0.25, 0.3) is 0 Å². The van der Waals surface area contributed by atoms with Crippen LogP contribution in [0.5, 0.6) is 5.75 Å². The standard InChI is InChI=1S/C16H11BrCl2O2/c17-11-5-9-3-4-21-16(9)10(6-11)7-15(20)13-2-1-12(18)8-14(13)19/h1-2,5-6,8H,3-4,7H2. The van der Waals surface area contributed by atoms with Crippen molar-refractivity contribution < 1.29 is 9.53 Å². The van der Waals surface area contributed by atoms with Crippen LogP contribution in [0.4, 0.5) is 0 Å². The van der Waals surface area contributed by atoms with Crippen molar-refractivity contribution in [2.24, 2.45) is 0 Å². The number of Topliss-reactive ketones (excluding diaryl/α,β-unsaturated/α-hetero) is 1. The van der Waals surface area contributed by atoms with Crippen LogP contribution in [0.15, 0.2) is 34.8 Å². The molecule has 5 heteroatoms. The molecule has 0 aromatic heterocycles. The maximum Gasteiger partial charge on any atom is 0.168 e. The number of carbonyl (C=O) groups excluding carboxylic acids is 1. The summed E-state index contributed by atoms with van der Waals surface area (Å²) in [5, 5.41) is 0.892. The average molecular weight is 386 g/mol. The summed E-state index contributed by atoms with van der Waals surface area (Å²) >= 11 is 15.4. The highest BCUT2D eigenvalue weighted by Gasteiger charge is 2.20. The SMILES string of the molecule is O=C(Cc1cc(Br)cc2c1OCC2)c1ccc(Cl)cc1Cl. The first-order valence-electron chi connectivity index (χ1n) is 6.47. The van der Waals surface area contributed by atoms with E-state index in [0.717, 1.165) is 27.8 Å². The summed E-state index contributed by atoms with van der Waals surface area (Å²) in [6, 6.07) is 8.87. The van der Waals surface area contributed by atoms with Crippen LogP contribution in [-0.2, 0) is 12.8 Å². The Morgan fingerprint density at radius 1 is 1.24 bits per heavy atom. The third kappa shape index (κ3) is 3.10. The number of hydrogen-bond acceptors (Lipinski definition) is 2. The first-order chi connectivity index (χ1) is 10.0. The van der Waals surface area contributed by atoms with Crippen LogP contribution >= 0.6 is 39.1 Å². The van der Waals surface area contributed by atoms with E-state index in [4.69, 9.17) is 27.9 Å². The molecular weight excluding hydrogens is 375 g/mol. The summed E-state index contributed by atoms with van der Waals surface area (Å²) < 4.78 is 6.60. The molecule has 1 aliphatic rings. The molecule has 0 atom stereocenters. The molecule has 0 amide bonds. The average Bonchev–Trinajstić information content (AvgIpc) is 2.86. The van der Waals surface area contributed by atoms with Gasteiger partial charge in [-0.2, -0.15) is 0 Å². The number of rotatable bonds is 3. The molecule has 1 aliphatic heterocycles. The summed E-state index contributed by atoms with van der Waals surface area (Å²) in [6.45, 7) is 0.661. The number of ether oxygens (including phenoxy) is 1. The predicted molar refractivity (Wildman–Crippen MR) is 87.8 cm³/mol. The Balaban J connectivity index is 1.92. The van der Waals surface area contributed by atoms with Gasteiger partial charge in [0.2, 0.25) is 0 Å². The molecule has 0 saturated heterocycles. The van der Waals surface area contributed by atoms with Gasteiger partial charge in [-0.25, -0.2) is 0 Å². The summed E-state index contributed by atoms with van der Waals surface area (Å²) in [6.07, 6.45) is 1.13. The topological polar surface area (TPSA) is 26.3 Å².